The zero-order valence-electron chi connectivity index (χ0n) is 9.03. The predicted octanol–water partition coefficient (Wildman–Crippen LogP) is 1.63. The smallest absolute Gasteiger partial charge is 0.344 e. The third kappa shape index (κ3) is 4.81. The van der Waals surface area contributed by atoms with Crippen molar-refractivity contribution >= 4 is 11.9 Å². The van der Waals surface area contributed by atoms with Crippen LogP contribution in [0.5, 0.6) is 0 Å². The summed E-state index contributed by atoms with van der Waals surface area (Å²) >= 11 is 0. The van der Waals surface area contributed by atoms with Crippen LogP contribution in [0.15, 0.2) is 0 Å². The van der Waals surface area contributed by atoms with Gasteiger partial charge in [0, 0.05) is 0 Å². The van der Waals surface area contributed by atoms with Crippen molar-refractivity contribution in [3.05, 3.63) is 6.42 Å². The quantitative estimate of drug-likeness (QED) is 0.666. The van der Waals surface area contributed by atoms with E-state index >= 15 is 0 Å². The average Bonchev–Trinajstić information content (AvgIpc) is 2.27. The van der Waals surface area contributed by atoms with E-state index in [9.17, 15) is 9.59 Å². The minimum Gasteiger partial charge on any atom is -0.460 e. The Morgan fingerprint density at radius 2 is 1.93 bits per heavy atom. The summed E-state index contributed by atoms with van der Waals surface area (Å²) in [7, 11) is 0. The van der Waals surface area contributed by atoms with Crippen LogP contribution in [0.3, 0.4) is 0 Å². The van der Waals surface area contributed by atoms with Crippen molar-refractivity contribution in [2.75, 3.05) is 6.61 Å². The first-order chi connectivity index (χ1) is 7.22. The standard InChI is InChI=1S/C11H17O4/c1-2-10(12)14-8-11(13)15-9-6-4-3-5-7-9/h2,9H,3-8H2,1H3. The summed E-state index contributed by atoms with van der Waals surface area (Å²) in [6.07, 6.45) is 6.59. The predicted molar refractivity (Wildman–Crippen MR) is 53.9 cm³/mol. The van der Waals surface area contributed by atoms with Crippen LogP contribution in [0.2, 0.25) is 0 Å². The molecule has 15 heavy (non-hydrogen) atoms. The Bertz CT molecular complexity index is 219. The molecule has 1 aliphatic carbocycles. The first-order valence-electron chi connectivity index (χ1n) is 5.38. The second-order valence-electron chi connectivity index (χ2n) is 3.65. The highest BCUT2D eigenvalue weighted by Crippen LogP contribution is 2.20. The maximum Gasteiger partial charge on any atom is 0.344 e. The molecule has 0 aromatic heterocycles. The molecule has 0 heterocycles. The third-order valence-electron chi connectivity index (χ3n) is 2.42. The van der Waals surface area contributed by atoms with E-state index in [1.165, 1.54) is 12.8 Å². The van der Waals surface area contributed by atoms with Crippen molar-refractivity contribution in [3.63, 3.8) is 0 Å². The first-order valence-corrected chi connectivity index (χ1v) is 5.38. The fourth-order valence-electron chi connectivity index (χ4n) is 1.62. The molecule has 0 unspecified atom stereocenters. The number of ether oxygens (including phenoxy) is 2. The number of carbonyl (C=O) groups excluding carboxylic acids is 2. The third-order valence-corrected chi connectivity index (χ3v) is 2.42. The maximum atomic E-state index is 11.2. The number of hydrogen-bond acceptors (Lipinski definition) is 4. The average molecular weight is 213 g/mol. The largest absolute Gasteiger partial charge is 0.460 e. The second-order valence-corrected chi connectivity index (χ2v) is 3.65. The van der Waals surface area contributed by atoms with E-state index in [-0.39, 0.29) is 12.7 Å². The van der Waals surface area contributed by atoms with Crippen LogP contribution < -0.4 is 0 Å². The van der Waals surface area contributed by atoms with Crippen LogP contribution in [0.25, 0.3) is 0 Å². The van der Waals surface area contributed by atoms with E-state index in [1.807, 2.05) is 0 Å². The summed E-state index contributed by atoms with van der Waals surface area (Å²) in [5.74, 6) is -0.937. The lowest BCUT2D eigenvalue weighted by Crippen LogP contribution is -2.24. The van der Waals surface area contributed by atoms with Crippen LogP contribution in [-0.2, 0) is 19.1 Å². The minimum absolute atomic E-state index is 0.0237. The first kappa shape index (κ1) is 12.0. The van der Waals surface area contributed by atoms with E-state index in [1.54, 1.807) is 6.92 Å². The molecular weight excluding hydrogens is 196 g/mol. The fraction of sp³-hybridized carbons (Fsp3) is 0.727. The molecule has 0 aromatic rings. The van der Waals surface area contributed by atoms with Gasteiger partial charge in [-0.1, -0.05) is 13.3 Å². The molecule has 1 rings (SSSR count). The summed E-state index contributed by atoms with van der Waals surface area (Å²) in [4.78, 5) is 21.9. The SMILES string of the molecule is C[CH]C(=O)OCC(=O)OC1CCCCC1. The van der Waals surface area contributed by atoms with Gasteiger partial charge in [-0.3, -0.25) is 4.79 Å². The summed E-state index contributed by atoms with van der Waals surface area (Å²) in [5.41, 5.74) is 0. The van der Waals surface area contributed by atoms with Crippen molar-refractivity contribution in [2.45, 2.75) is 45.1 Å². The summed E-state index contributed by atoms with van der Waals surface area (Å²) in [5, 5.41) is 0. The van der Waals surface area contributed by atoms with Gasteiger partial charge in [0.1, 0.15) is 6.10 Å². The molecule has 0 saturated heterocycles. The highest BCUT2D eigenvalue weighted by atomic mass is 16.6. The van der Waals surface area contributed by atoms with Gasteiger partial charge in [-0.25, -0.2) is 4.79 Å². The Labute approximate surface area is 89.9 Å². The minimum atomic E-state index is -0.490. The normalized spacial score (nSPS) is 17.1. The Hall–Kier alpha value is -1.06. The van der Waals surface area contributed by atoms with Gasteiger partial charge in [-0.05, 0) is 25.7 Å². The molecule has 85 valence electrons. The molecule has 4 nitrogen and oxygen atoms in total. The van der Waals surface area contributed by atoms with Crippen LogP contribution >= 0.6 is 0 Å². The molecule has 0 bridgehead atoms. The van der Waals surface area contributed by atoms with Crippen LogP contribution in [-0.4, -0.2) is 24.6 Å². The lowest BCUT2D eigenvalue weighted by atomic mass is 9.98. The Morgan fingerprint density at radius 3 is 2.53 bits per heavy atom. The van der Waals surface area contributed by atoms with E-state index in [4.69, 9.17) is 4.74 Å². The van der Waals surface area contributed by atoms with Gasteiger partial charge in [0.15, 0.2) is 6.61 Å². The molecule has 4 heteroatoms. The van der Waals surface area contributed by atoms with Gasteiger partial charge in [-0.15, -0.1) is 0 Å². The monoisotopic (exact) mass is 213 g/mol. The lowest BCUT2D eigenvalue weighted by Gasteiger charge is -2.21. The number of rotatable bonds is 4. The second kappa shape index (κ2) is 6.43. The summed E-state index contributed by atoms with van der Waals surface area (Å²) in [6.45, 7) is 1.29. The number of carbonyl (C=O) groups is 2. The molecule has 0 amide bonds. The van der Waals surface area contributed by atoms with E-state index in [0.717, 1.165) is 25.7 Å². The molecule has 0 spiro atoms. The fourth-order valence-corrected chi connectivity index (χ4v) is 1.62. The van der Waals surface area contributed by atoms with Crippen molar-refractivity contribution in [2.24, 2.45) is 0 Å². The Balaban J connectivity index is 2.14. The van der Waals surface area contributed by atoms with Crippen molar-refractivity contribution in [1.29, 1.82) is 0 Å². The van der Waals surface area contributed by atoms with Crippen molar-refractivity contribution < 1.29 is 19.1 Å². The van der Waals surface area contributed by atoms with E-state index in [2.05, 4.69) is 4.74 Å². The van der Waals surface area contributed by atoms with E-state index < -0.39 is 11.9 Å². The molecule has 1 saturated carbocycles. The van der Waals surface area contributed by atoms with Crippen LogP contribution in [0.4, 0.5) is 0 Å². The summed E-state index contributed by atoms with van der Waals surface area (Å²) in [6, 6.07) is 0. The molecule has 0 aromatic carbocycles. The molecule has 0 N–H and O–H groups in total. The highest BCUT2D eigenvalue weighted by Gasteiger charge is 2.18. The van der Waals surface area contributed by atoms with Gasteiger partial charge in [0.25, 0.3) is 0 Å². The Morgan fingerprint density at radius 1 is 1.27 bits per heavy atom. The van der Waals surface area contributed by atoms with Gasteiger partial charge in [0.05, 0.1) is 6.42 Å². The van der Waals surface area contributed by atoms with Gasteiger partial charge in [0.2, 0.25) is 0 Å². The topological polar surface area (TPSA) is 52.6 Å². The van der Waals surface area contributed by atoms with Gasteiger partial charge in [-0.2, -0.15) is 0 Å². The van der Waals surface area contributed by atoms with Crippen LogP contribution in [0.1, 0.15) is 39.0 Å². The summed E-state index contributed by atoms with van der Waals surface area (Å²) < 4.78 is 9.78. The maximum absolute atomic E-state index is 11.2. The zero-order valence-corrected chi connectivity index (χ0v) is 9.03. The molecule has 1 aliphatic rings. The molecular formula is C11H17O4. The molecule has 0 aliphatic heterocycles. The molecule has 1 fully saturated rings. The lowest BCUT2D eigenvalue weighted by molar-refractivity contribution is -0.161. The number of hydrogen-bond donors (Lipinski definition) is 0. The zero-order chi connectivity index (χ0) is 11.1. The van der Waals surface area contributed by atoms with Crippen molar-refractivity contribution in [3.8, 4) is 0 Å². The Kier molecular flexibility index (Phi) is 5.15. The van der Waals surface area contributed by atoms with Crippen LogP contribution in [0, 0.1) is 6.42 Å². The number of esters is 2. The highest BCUT2D eigenvalue weighted by molar-refractivity contribution is 5.81. The van der Waals surface area contributed by atoms with Crippen molar-refractivity contribution in [1.82, 2.24) is 0 Å². The molecule has 1 radical (unpaired) electrons. The van der Waals surface area contributed by atoms with Gasteiger partial charge < -0.3 is 9.47 Å². The van der Waals surface area contributed by atoms with E-state index in [0.29, 0.717) is 0 Å². The molecule has 0 atom stereocenters. The van der Waals surface area contributed by atoms with Gasteiger partial charge >= 0.3 is 11.9 Å².